The van der Waals surface area contributed by atoms with Crippen LogP contribution < -0.4 is 20.9 Å². The molecule has 3 aliphatic rings. The molecule has 7 rings (SSSR count). The Labute approximate surface area is 301 Å². The Morgan fingerprint density at radius 2 is 1.96 bits per heavy atom. The van der Waals surface area contributed by atoms with Crippen LogP contribution in [0.15, 0.2) is 53.6 Å². The van der Waals surface area contributed by atoms with Gasteiger partial charge in [-0.05, 0) is 70.5 Å². The Hall–Kier alpha value is -5.26. The van der Waals surface area contributed by atoms with Crippen LogP contribution in [-0.2, 0) is 16.6 Å². The third-order valence-electron chi connectivity index (χ3n) is 10.3. The van der Waals surface area contributed by atoms with Crippen LogP contribution in [0.25, 0.3) is 11.5 Å². The summed E-state index contributed by atoms with van der Waals surface area (Å²) < 4.78 is 6.00. The number of amides is 2. The van der Waals surface area contributed by atoms with Gasteiger partial charge in [-0.25, -0.2) is 4.98 Å². The number of hydrogen-bond donors (Lipinski definition) is 2. The Bertz CT molecular complexity index is 2030. The summed E-state index contributed by atoms with van der Waals surface area (Å²) in [5.74, 6) is 1.27. The molecule has 2 aliphatic heterocycles. The SMILES string of the molecule is C=CC(=O)Nc1cccc(C(=O)N2CCN(c3cc(-c4noc(C5(C)CCCc6sc(N)c(C#N)c65)n4)nc(N4CCN(C)CC4C)c3)CC2)c1. The number of piperazine rings is 2. The fraction of sp³-hybridized carbons (Fsp3) is 0.405. The summed E-state index contributed by atoms with van der Waals surface area (Å²) in [7, 11) is 2.13. The molecule has 0 spiro atoms. The van der Waals surface area contributed by atoms with Crippen molar-refractivity contribution >= 4 is 45.3 Å². The second-order valence-corrected chi connectivity index (χ2v) is 14.9. The highest BCUT2D eigenvalue weighted by atomic mass is 32.1. The molecule has 4 aromatic rings. The molecule has 2 fully saturated rings. The van der Waals surface area contributed by atoms with Crippen molar-refractivity contribution in [3.05, 3.63) is 76.5 Å². The molecule has 264 valence electrons. The van der Waals surface area contributed by atoms with Gasteiger partial charge in [-0.1, -0.05) is 17.8 Å². The number of nitrogens with two attached hydrogens (primary N) is 1. The number of aromatic nitrogens is 3. The largest absolute Gasteiger partial charge is 0.389 e. The van der Waals surface area contributed by atoms with Gasteiger partial charge in [0.05, 0.1) is 11.0 Å². The number of anilines is 4. The number of nitrogens with one attached hydrogen (secondary N) is 1. The Morgan fingerprint density at radius 3 is 2.71 bits per heavy atom. The first-order valence-electron chi connectivity index (χ1n) is 17.3. The number of carbonyl (C=O) groups is 2. The number of pyridine rings is 1. The van der Waals surface area contributed by atoms with Gasteiger partial charge in [0.25, 0.3) is 5.91 Å². The molecule has 0 radical (unpaired) electrons. The third kappa shape index (κ3) is 6.55. The number of fused-ring (bicyclic) bond motifs is 1. The van der Waals surface area contributed by atoms with Crippen LogP contribution in [-0.4, -0.2) is 95.6 Å². The van der Waals surface area contributed by atoms with Gasteiger partial charge in [0.2, 0.25) is 17.6 Å². The zero-order valence-electron chi connectivity index (χ0n) is 29.2. The fourth-order valence-electron chi connectivity index (χ4n) is 7.56. The Morgan fingerprint density at radius 1 is 1.16 bits per heavy atom. The molecule has 1 aliphatic carbocycles. The number of benzene rings is 1. The van der Waals surface area contributed by atoms with Crippen molar-refractivity contribution in [2.75, 3.05) is 73.7 Å². The van der Waals surface area contributed by atoms with E-state index in [0.717, 1.165) is 60.8 Å². The second kappa shape index (κ2) is 13.8. The standard InChI is InChI=1S/C37H42N10O3S/c1-5-31(48)40-25-9-6-8-24(18-25)35(49)46-15-13-45(14-16-46)26-19-28(41-30(20-26)47-17-12-44(4)22-23(47)2)34-42-36(50-43-34)37(3)11-7-10-29-32(37)27(21-38)33(39)51-29/h5-6,8-9,18-20,23H,1,7,10-17,22,39H2,2-4H3,(H,40,48). The molecule has 5 heterocycles. The van der Waals surface area contributed by atoms with Gasteiger partial charge in [0, 0.05) is 85.3 Å². The molecule has 0 saturated carbocycles. The number of hydrogen-bond acceptors (Lipinski definition) is 12. The van der Waals surface area contributed by atoms with Gasteiger partial charge in [-0.3, -0.25) is 9.59 Å². The lowest BCUT2D eigenvalue weighted by Gasteiger charge is -2.40. The summed E-state index contributed by atoms with van der Waals surface area (Å²) in [6.07, 6.45) is 3.76. The van der Waals surface area contributed by atoms with Crippen molar-refractivity contribution in [3.8, 4) is 17.6 Å². The summed E-state index contributed by atoms with van der Waals surface area (Å²) >= 11 is 1.48. The monoisotopic (exact) mass is 706 g/mol. The van der Waals surface area contributed by atoms with Crippen LogP contribution in [0.2, 0.25) is 0 Å². The van der Waals surface area contributed by atoms with Gasteiger partial charge in [-0.2, -0.15) is 10.2 Å². The van der Waals surface area contributed by atoms with Gasteiger partial charge in [0.15, 0.2) is 0 Å². The van der Waals surface area contributed by atoms with E-state index >= 15 is 0 Å². The van der Waals surface area contributed by atoms with Crippen LogP contribution in [0.4, 0.5) is 22.2 Å². The molecule has 13 nitrogen and oxygen atoms in total. The van der Waals surface area contributed by atoms with E-state index < -0.39 is 5.41 Å². The first-order chi connectivity index (χ1) is 24.6. The number of likely N-dealkylation sites (N-methyl/N-ethyl adjacent to an activating group) is 1. The van der Waals surface area contributed by atoms with Crippen molar-refractivity contribution in [1.82, 2.24) is 24.9 Å². The molecule has 3 aromatic heterocycles. The molecule has 51 heavy (non-hydrogen) atoms. The maximum absolute atomic E-state index is 13.5. The summed E-state index contributed by atoms with van der Waals surface area (Å²) in [6, 6.07) is 13.6. The van der Waals surface area contributed by atoms with E-state index in [-0.39, 0.29) is 17.9 Å². The lowest BCUT2D eigenvalue weighted by Crippen LogP contribution is -2.51. The molecule has 3 N–H and O–H groups in total. The smallest absolute Gasteiger partial charge is 0.254 e. The molecular weight excluding hydrogens is 665 g/mol. The van der Waals surface area contributed by atoms with Gasteiger partial charge < -0.3 is 35.2 Å². The van der Waals surface area contributed by atoms with Gasteiger partial charge in [-0.15, -0.1) is 11.3 Å². The fourth-order valence-corrected chi connectivity index (χ4v) is 8.75. The lowest BCUT2D eigenvalue weighted by atomic mass is 9.72. The minimum Gasteiger partial charge on any atom is -0.389 e. The predicted octanol–water partition coefficient (Wildman–Crippen LogP) is 4.52. The zero-order chi connectivity index (χ0) is 35.9. The quantitative estimate of drug-likeness (QED) is 0.260. The summed E-state index contributed by atoms with van der Waals surface area (Å²) in [4.78, 5) is 45.2. The first-order valence-corrected chi connectivity index (χ1v) is 18.1. The average Bonchev–Trinajstić information content (AvgIpc) is 3.77. The molecule has 2 saturated heterocycles. The molecule has 2 atom stereocenters. The first kappa shape index (κ1) is 34.2. The van der Waals surface area contributed by atoms with E-state index in [9.17, 15) is 14.9 Å². The van der Waals surface area contributed by atoms with Crippen LogP contribution >= 0.6 is 11.3 Å². The number of nitrogen functional groups attached to an aromatic ring is 1. The van der Waals surface area contributed by atoms with E-state index in [1.807, 2.05) is 11.0 Å². The topological polar surface area (TPSA) is 161 Å². The second-order valence-electron chi connectivity index (χ2n) is 13.8. The third-order valence-corrected chi connectivity index (χ3v) is 11.4. The maximum Gasteiger partial charge on any atom is 0.254 e. The van der Waals surface area contributed by atoms with E-state index in [2.05, 4.69) is 64.8 Å². The van der Waals surface area contributed by atoms with Crippen LogP contribution in [0.5, 0.6) is 0 Å². The molecule has 2 amide bonds. The highest BCUT2D eigenvalue weighted by Crippen LogP contribution is 2.48. The maximum atomic E-state index is 13.5. The number of rotatable bonds is 7. The van der Waals surface area contributed by atoms with E-state index in [1.54, 1.807) is 24.3 Å². The number of thiophene rings is 1. The summed E-state index contributed by atoms with van der Waals surface area (Å²) in [5.41, 5.74) is 9.69. The van der Waals surface area contributed by atoms with Crippen molar-refractivity contribution in [2.45, 2.75) is 44.6 Å². The minimum atomic E-state index is -0.635. The van der Waals surface area contributed by atoms with Crippen LogP contribution in [0, 0.1) is 11.3 Å². The predicted molar refractivity (Wildman–Crippen MR) is 198 cm³/mol. The Balaban J connectivity index is 1.17. The average molecular weight is 707 g/mol. The molecule has 2 unspecified atom stereocenters. The summed E-state index contributed by atoms with van der Waals surface area (Å²) in [6.45, 7) is 12.7. The van der Waals surface area contributed by atoms with Crippen molar-refractivity contribution in [3.63, 3.8) is 0 Å². The molecule has 14 heteroatoms. The highest BCUT2D eigenvalue weighted by Gasteiger charge is 2.43. The van der Waals surface area contributed by atoms with Crippen LogP contribution in [0.1, 0.15) is 58.9 Å². The molecular formula is C37H42N10O3S. The number of aryl methyl sites for hydroxylation is 1. The van der Waals surface area contributed by atoms with E-state index in [4.69, 9.17) is 20.2 Å². The van der Waals surface area contributed by atoms with E-state index in [0.29, 0.717) is 65.4 Å². The minimum absolute atomic E-state index is 0.0858. The molecule has 1 aromatic carbocycles. The van der Waals surface area contributed by atoms with Crippen LogP contribution in [0.3, 0.4) is 0 Å². The summed E-state index contributed by atoms with van der Waals surface area (Å²) in [5, 5.41) is 17.7. The normalized spacial score (nSPS) is 20.8. The molecule has 0 bridgehead atoms. The van der Waals surface area contributed by atoms with Crippen molar-refractivity contribution < 1.29 is 14.1 Å². The number of nitriles is 1. The highest BCUT2D eigenvalue weighted by molar-refractivity contribution is 7.16. The van der Waals surface area contributed by atoms with Gasteiger partial charge in [0.1, 0.15) is 22.6 Å². The number of nitrogens with zero attached hydrogens (tertiary/aromatic N) is 8. The van der Waals surface area contributed by atoms with Crippen molar-refractivity contribution in [1.29, 1.82) is 5.26 Å². The zero-order valence-corrected chi connectivity index (χ0v) is 30.0. The van der Waals surface area contributed by atoms with E-state index in [1.165, 1.54) is 17.4 Å². The van der Waals surface area contributed by atoms with Gasteiger partial charge >= 0.3 is 0 Å². The Kier molecular flexibility index (Phi) is 9.26. The number of carbonyl (C=O) groups excluding carboxylic acids is 2. The lowest BCUT2D eigenvalue weighted by molar-refractivity contribution is -0.111. The van der Waals surface area contributed by atoms with Crippen molar-refractivity contribution in [2.24, 2.45) is 0 Å².